The average molecular weight is 368 g/mol. The molecule has 2 rings (SSSR count). The van der Waals surface area contributed by atoms with Gasteiger partial charge < -0.3 is 20.8 Å². The smallest absolute Gasteiger partial charge is 0.330 e. The van der Waals surface area contributed by atoms with Crippen LogP contribution in [0.5, 0.6) is 5.75 Å². The van der Waals surface area contributed by atoms with Gasteiger partial charge in [-0.2, -0.15) is 0 Å². The van der Waals surface area contributed by atoms with Crippen LogP contribution in [0.15, 0.2) is 60.7 Å². The third kappa shape index (κ3) is 6.51. The number of hydrogen-bond donors (Lipinski definition) is 4. The summed E-state index contributed by atoms with van der Waals surface area (Å²) in [6.07, 6.45) is 2.69. The Morgan fingerprint density at radius 2 is 1.70 bits per heavy atom. The minimum absolute atomic E-state index is 0.00276. The summed E-state index contributed by atoms with van der Waals surface area (Å²) in [5.41, 5.74) is 2.42. The SMILES string of the molecule is C=C(CCCCCNC(=O)Nc1cc(-c2ccccc2)ccc1O)C(=O)O. The van der Waals surface area contributed by atoms with Gasteiger partial charge in [-0.25, -0.2) is 9.59 Å². The number of phenols is 1. The number of carboxylic acids is 1. The van der Waals surface area contributed by atoms with Gasteiger partial charge in [-0.3, -0.25) is 0 Å². The van der Waals surface area contributed by atoms with Gasteiger partial charge in [-0.05, 0) is 42.5 Å². The van der Waals surface area contributed by atoms with Crippen LogP contribution in [-0.2, 0) is 4.79 Å². The summed E-state index contributed by atoms with van der Waals surface area (Å²) in [7, 11) is 0. The van der Waals surface area contributed by atoms with Crippen LogP contribution < -0.4 is 10.6 Å². The second kappa shape index (κ2) is 10.0. The second-order valence-corrected chi connectivity index (χ2v) is 6.20. The lowest BCUT2D eigenvalue weighted by Crippen LogP contribution is -2.29. The van der Waals surface area contributed by atoms with Crippen molar-refractivity contribution in [2.75, 3.05) is 11.9 Å². The van der Waals surface area contributed by atoms with Crippen molar-refractivity contribution in [3.05, 3.63) is 60.7 Å². The van der Waals surface area contributed by atoms with Crippen LogP contribution in [0.4, 0.5) is 10.5 Å². The quantitative estimate of drug-likeness (QED) is 0.300. The zero-order valence-electron chi connectivity index (χ0n) is 15.1. The molecule has 0 spiro atoms. The van der Waals surface area contributed by atoms with Crippen LogP contribution >= 0.6 is 0 Å². The summed E-state index contributed by atoms with van der Waals surface area (Å²) >= 11 is 0. The number of unbranched alkanes of at least 4 members (excludes halogenated alkanes) is 2. The number of hydrogen-bond acceptors (Lipinski definition) is 3. The maximum Gasteiger partial charge on any atom is 0.330 e. The minimum atomic E-state index is -0.968. The summed E-state index contributed by atoms with van der Waals surface area (Å²) in [5.74, 6) is -0.970. The molecule has 0 saturated carbocycles. The number of anilines is 1. The molecule has 0 aliphatic heterocycles. The molecule has 0 aliphatic carbocycles. The standard InChI is InChI=1S/C21H24N2O4/c1-15(20(25)26)8-4-3-7-13-22-21(27)23-18-14-17(11-12-19(18)24)16-9-5-2-6-10-16/h2,5-6,9-12,14,24H,1,3-4,7-8,13H2,(H,25,26)(H2,22,23,27). The zero-order chi connectivity index (χ0) is 19.6. The number of aromatic hydroxyl groups is 1. The zero-order valence-corrected chi connectivity index (χ0v) is 15.1. The molecule has 0 radical (unpaired) electrons. The number of nitrogens with one attached hydrogen (secondary N) is 2. The molecule has 4 N–H and O–H groups in total. The molecule has 0 aromatic heterocycles. The van der Waals surface area contributed by atoms with Crippen LogP contribution in [0.25, 0.3) is 11.1 Å². The summed E-state index contributed by atoms with van der Waals surface area (Å²) < 4.78 is 0. The number of amides is 2. The molecule has 6 heteroatoms. The summed E-state index contributed by atoms with van der Waals surface area (Å²) in [6.45, 7) is 3.94. The van der Waals surface area contributed by atoms with Crippen LogP contribution in [0.3, 0.4) is 0 Å². The number of aliphatic carboxylic acids is 1. The van der Waals surface area contributed by atoms with E-state index < -0.39 is 12.0 Å². The highest BCUT2D eigenvalue weighted by molar-refractivity contribution is 5.92. The first kappa shape index (κ1) is 20.0. The maximum atomic E-state index is 12.0. The number of phenolic OH excluding ortho intramolecular Hbond substituents is 1. The molecular weight excluding hydrogens is 344 g/mol. The van der Waals surface area contributed by atoms with Gasteiger partial charge in [0, 0.05) is 12.1 Å². The molecule has 27 heavy (non-hydrogen) atoms. The first-order chi connectivity index (χ1) is 13.0. The summed E-state index contributed by atoms with van der Waals surface area (Å²) in [5, 5.41) is 24.1. The Bertz CT molecular complexity index is 803. The number of carbonyl (C=O) groups is 2. The predicted molar refractivity (Wildman–Crippen MR) is 106 cm³/mol. The van der Waals surface area contributed by atoms with Gasteiger partial charge in [0.2, 0.25) is 0 Å². The fraction of sp³-hybridized carbons (Fsp3) is 0.238. The molecule has 0 unspecified atom stereocenters. The monoisotopic (exact) mass is 368 g/mol. The minimum Gasteiger partial charge on any atom is -0.506 e. The lowest BCUT2D eigenvalue weighted by atomic mass is 10.0. The predicted octanol–water partition coefficient (Wildman–Crippen LogP) is 4.38. The van der Waals surface area contributed by atoms with Crippen molar-refractivity contribution < 1.29 is 19.8 Å². The molecule has 0 atom stereocenters. The molecule has 6 nitrogen and oxygen atoms in total. The first-order valence-electron chi connectivity index (χ1n) is 8.81. The van der Waals surface area contributed by atoms with E-state index in [4.69, 9.17) is 5.11 Å². The highest BCUT2D eigenvalue weighted by atomic mass is 16.4. The first-order valence-corrected chi connectivity index (χ1v) is 8.81. The van der Waals surface area contributed by atoms with Gasteiger partial charge in [0.1, 0.15) is 5.75 Å². The van der Waals surface area contributed by atoms with Crippen molar-refractivity contribution in [2.45, 2.75) is 25.7 Å². The van der Waals surface area contributed by atoms with E-state index in [-0.39, 0.29) is 11.3 Å². The molecule has 142 valence electrons. The third-order valence-corrected chi connectivity index (χ3v) is 4.10. The fourth-order valence-electron chi connectivity index (χ4n) is 2.56. The van der Waals surface area contributed by atoms with E-state index in [1.165, 1.54) is 0 Å². The van der Waals surface area contributed by atoms with E-state index in [2.05, 4.69) is 17.2 Å². The van der Waals surface area contributed by atoms with Crippen LogP contribution in [-0.4, -0.2) is 28.8 Å². The fourth-order valence-corrected chi connectivity index (χ4v) is 2.56. The lowest BCUT2D eigenvalue weighted by molar-refractivity contribution is -0.132. The average Bonchev–Trinajstić information content (AvgIpc) is 2.66. The Labute approximate surface area is 158 Å². The molecule has 2 aromatic rings. The number of carbonyl (C=O) groups excluding carboxylic acids is 1. The van der Waals surface area contributed by atoms with Crippen molar-refractivity contribution in [1.82, 2.24) is 5.32 Å². The lowest BCUT2D eigenvalue weighted by Gasteiger charge is -2.11. The summed E-state index contributed by atoms with van der Waals surface area (Å²) in [6, 6.07) is 14.3. The van der Waals surface area contributed by atoms with E-state index in [1.54, 1.807) is 18.2 Å². The van der Waals surface area contributed by atoms with Crippen molar-refractivity contribution in [3.8, 4) is 16.9 Å². The van der Waals surface area contributed by atoms with E-state index in [1.807, 2.05) is 30.3 Å². The summed E-state index contributed by atoms with van der Waals surface area (Å²) in [4.78, 5) is 22.7. The number of urea groups is 1. The van der Waals surface area contributed by atoms with Gasteiger partial charge >= 0.3 is 12.0 Å². The van der Waals surface area contributed by atoms with Gasteiger partial charge in [0.05, 0.1) is 5.69 Å². The molecule has 0 heterocycles. The number of benzene rings is 2. The highest BCUT2D eigenvalue weighted by Gasteiger charge is 2.08. The Morgan fingerprint density at radius 3 is 2.41 bits per heavy atom. The molecule has 0 fully saturated rings. The maximum absolute atomic E-state index is 12.0. The largest absolute Gasteiger partial charge is 0.506 e. The third-order valence-electron chi connectivity index (χ3n) is 4.10. The topological polar surface area (TPSA) is 98.7 Å². The molecule has 0 saturated heterocycles. The van der Waals surface area contributed by atoms with Gasteiger partial charge in [0.25, 0.3) is 0 Å². The van der Waals surface area contributed by atoms with Crippen LogP contribution in [0.2, 0.25) is 0 Å². The van der Waals surface area contributed by atoms with Crippen LogP contribution in [0, 0.1) is 0 Å². The number of rotatable bonds is 9. The second-order valence-electron chi connectivity index (χ2n) is 6.20. The van der Waals surface area contributed by atoms with Crippen LogP contribution in [0.1, 0.15) is 25.7 Å². The van der Waals surface area contributed by atoms with Gasteiger partial charge in [0.15, 0.2) is 0 Å². The molecule has 0 aliphatic rings. The van der Waals surface area contributed by atoms with E-state index in [0.717, 1.165) is 24.0 Å². The van der Waals surface area contributed by atoms with Gasteiger partial charge in [-0.1, -0.05) is 49.4 Å². The van der Waals surface area contributed by atoms with Gasteiger partial charge in [-0.15, -0.1) is 0 Å². The molecule has 2 amide bonds. The molecule has 0 bridgehead atoms. The number of carboxylic acid groups (broad SMARTS) is 1. The molecule has 2 aromatic carbocycles. The molecular formula is C21H24N2O4. The highest BCUT2D eigenvalue weighted by Crippen LogP contribution is 2.29. The van der Waals surface area contributed by atoms with Crippen molar-refractivity contribution in [3.63, 3.8) is 0 Å². The van der Waals surface area contributed by atoms with Crippen molar-refractivity contribution >= 4 is 17.7 Å². The van der Waals surface area contributed by atoms with E-state index in [9.17, 15) is 14.7 Å². The Hall–Kier alpha value is -3.28. The Kier molecular flexibility index (Phi) is 7.43. The van der Waals surface area contributed by atoms with E-state index >= 15 is 0 Å². The Balaban J connectivity index is 1.79. The Morgan fingerprint density at radius 1 is 0.963 bits per heavy atom. The van der Waals surface area contributed by atoms with Crippen molar-refractivity contribution in [2.24, 2.45) is 0 Å². The normalized spacial score (nSPS) is 10.2. The van der Waals surface area contributed by atoms with Crippen molar-refractivity contribution in [1.29, 1.82) is 0 Å². The van der Waals surface area contributed by atoms with E-state index in [0.29, 0.717) is 25.1 Å².